The highest BCUT2D eigenvalue weighted by Gasteiger charge is 2.24. The standard InChI is InChI=1S/C17H24N2O2/c1-21-12-17(20)19-9-6-15-11-14(2-3-16(15)19)10-13-4-7-18-8-5-13/h2-3,11,13,18H,4-10,12H2,1H3. The van der Waals surface area contributed by atoms with Gasteiger partial charge in [0.25, 0.3) is 5.91 Å². The monoisotopic (exact) mass is 288 g/mol. The molecule has 2 heterocycles. The molecule has 0 aliphatic carbocycles. The first-order chi connectivity index (χ1) is 10.3. The quantitative estimate of drug-likeness (QED) is 0.918. The van der Waals surface area contributed by atoms with E-state index in [0.29, 0.717) is 0 Å². The number of piperidine rings is 1. The molecule has 4 heteroatoms. The van der Waals surface area contributed by atoms with Crippen molar-refractivity contribution in [3.8, 4) is 0 Å². The number of fused-ring (bicyclic) bond motifs is 1. The molecule has 114 valence electrons. The van der Waals surface area contributed by atoms with Crippen molar-refractivity contribution < 1.29 is 9.53 Å². The SMILES string of the molecule is COCC(=O)N1CCc2cc(CC3CCNCC3)ccc21. The molecule has 21 heavy (non-hydrogen) atoms. The number of rotatable bonds is 4. The molecule has 1 fully saturated rings. The fourth-order valence-corrected chi connectivity index (χ4v) is 3.46. The summed E-state index contributed by atoms with van der Waals surface area (Å²) in [7, 11) is 1.57. The van der Waals surface area contributed by atoms with E-state index in [9.17, 15) is 4.79 Å². The zero-order valence-corrected chi connectivity index (χ0v) is 12.7. The fraction of sp³-hybridized carbons (Fsp3) is 0.588. The lowest BCUT2D eigenvalue weighted by Gasteiger charge is -2.23. The summed E-state index contributed by atoms with van der Waals surface area (Å²) < 4.78 is 4.96. The Balaban J connectivity index is 1.69. The minimum absolute atomic E-state index is 0.0577. The smallest absolute Gasteiger partial charge is 0.252 e. The van der Waals surface area contributed by atoms with E-state index in [0.717, 1.165) is 37.7 Å². The highest BCUT2D eigenvalue weighted by atomic mass is 16.5. The molecule has 1 aromatic rings. The van der Waals surface area contributed by atoms with Crippen LogP contribution in [0.15, 0.2) is 18.2 Å². The molecule has 1 N–H and O–H groups in total. The van der Waals surface area contributed by atoms with Gasteiger partial charge in [-0.3, -0.25) is 4.79 Å². The molecular weight excluding hydrogens is 264 g/mol. The van der Waals surface area contributed by atoms with Crippen LogP contribution in [-0.2, 0) is 22.4 Å². The van der Waals surface area contributed by atoms with Crippen LogP contribution in [0, 0.1) is 5.92 Å². The summed E-state index contributed by atoms with van der Waals surface area (Å²) in [6.45, 7) is 3.24. The van der Waals surface area contributed by atoms with Crippen LogP contribution >= 0.6 is 0 Å². The van der Waals surface area contributed by atoms with Crippen molar-refractivity contribution in [2.24, 2.45) is 5.92 Å². The minimum atomic E-state index is 0.0577. The Morgan fingerprint density at radius 1 is 1.38 bits per heavy atom. The van der Waals surface area contributed by atoms with Crippen molar-refractivity contribution in [2.45, 2.75) is 25.7 Å². The molecule has 0 unspecified atom stereocenters. The van der Waals surface area contributed by atoms with Gasteiger partial charge < -0.3 is 15.0 Å². The molecule has 0 radical (unpaired) electrons. The molecule has 0 saturated carbocycles. The molecular formula is C17H24N2O2. The third kappa shape index (κ3) is 3.27. The largest absolute Gasteiger partial charge is 0.375 e. The average Bonchev–Trinajstić information content (AvgIpc) is 2.92. The highest BCUT2D eigenvalue weighted by molar-refractivity contribution is 5.96. The van der Waals surface area contributed by atoms with Crippen molar-refractivity contribution >= 4 is 11.6 Å². The first kappa shape index (κ1) is 14.5. The van der Waals surface area contributed by atoms with Gasteiger partial charge in [-0.15, -0.1) is 0 Å². The van der Waals surface area contributed by atoms with Gasteiger partial charge in [0, 0.05) is 19.3 Å². The molecule has 1 aromatic carbocycles. The zero-order chi connectivity index (χ0) is 14.7. The molecule has 2 aliphatic rings. The van der Waals surface area contributed by atoms with Gasteiger partial charge in [-0.1, -0.05) is 12.1 Å². The second-order valence-corrected chi connectivity index (χ2v) is 6.09. The van der Waals surface area contributed by atoms with E-state index in [4.69, 9.17) is 4.74 Å². The maximum Gasteiger partial charge on any atom is 0.252 e. The molecule has 0 bridgehead atoms. The van der Waals surface area contributed by atoms with Crippen molar-refractivity contribution in [1.82, 2.24) is 5.32 Å². The fourth-order valence-electron chi connectivity index (χ4n) is 3.46. The number of anilines is 1. The summed E-state index contributed by atoms with van der Waals surface area (Å²) in [6.07, 6.45) is 4.68. The summed E-state index contributed by atoms with van der Waals surface area (Å²) in [5.74, 6) is 0.860. The summed E-state index contributed by atoms with van der Waals surface area (Å²) in [5.41, 5.74) is 3.80. The zero-order valence-electron chi connectivity index (χ0n) is 12.7. The van der Waals surface area contributed by atoms with E-state index in [1.54, 1.807) is 7.11 Å². The van der Waals surface area contributed by atoms with Gasteiger partial charge in [0.1, 0.15) is 6.61 Å². The number of nitrogens with one attached hydrogen (secondary N) is 1. The van der Waals surface area contributed by atoms with E-state index >= 15 is 0 Å². The van der Waals surface area contributed by atoms with Crippen LogP contribution in [-0.4, -0.2) is 39.3 Å². The number of carbonyl (C=O) groups excluding carboxylic acids is 1. The van der Waals surface area contributed by atoms with E-state index in [1.807, 2.05) is 4.90 Å². The number of ether oxygens (including phenoxy) is 1. The Bertz CT molecular complexity index is 510. The maximum atomic E-state index is 12.0. The summed E-state index contributed by atoms with van der Waals surface area (Å²) in [4.78, 5) is 13.9. The Labute approximate surface area is 126 Å². The topological polar surface area (TPSA) is 41.6 Å². The first-order valence-corrected chi connectivity index (χ1v) is 7.90. The van der Waals surface area contributed by atoms with Crippen LogP contribution < -0.4 is 10.2 Å². The maximum absolute atomic E-state index is 12.0. The molecule has 4 nitrogen and oxygen atoms in total. The van der Waals surface area contributed by atoms with Crippen molar-refractivity contribution in [2.75, 3.05) is 38.3 Å². The lowest BCUT2D eigenvalue weighted by atomic mass is 9.90. The Kier molecular flexibility index (Phi) is 4.56. The molecule has 0 aromatic heterocycles. The molecule has 0 spiro atoms. The van der Waals surface area contributed by atoms with Gasteiger partial charge in [0.15, 0.2) is 0 Å². The summed E-state index contributed by atoms with van der Waals surface area (Å²) >= 11 is 0. The normalized spacial score (nSPS) is 18.8. The number of methoxy groups -OCH3 is 1. The number of hydrogen-bond acceptors (Lipinski definition) is 3. The van der Waals surface area contributed by atoms with Gasteiger partial charge in [0.2, 0.25) is 0 Å². The van der Waals surface area contributed by atoms with Gasteiger partial charge in [-0.2, -0.15) is 0 Å². The van der Waals surface area contributed by atoms with Crippen molar-refractivity contribution in [1.29, 1.82) is 0 Å². The molecule has 1 saturated heterocycles. The predicted molar refractivity (Wildman–Crippen MR) is 83.7 cm³/mol. The summed E-state index contributed by atoms with van der Waals surface area (Å²) in [5, 5.41) is 3.42. The predicted octanol–water partition coefficient (Wildman–Crippen LogP) is 1.76. The third-order valence-corrected chi connectivity index (χ3v) is 4.59. The highest BCUT2D eigenvalue weighted by Crippen LogP contribution is 2.30. The van der Waals surface area contributed by atoms with E-state index in [2.05, 4.69) is 23.5 Å². The molecule has 0 atom stereocenters. The number of nitrogens with zero attached hydrogens (tertiary/aromatic N) is 1. The van der Waals surface area contributed by atoms with Crippen LogP contribution in [0.1, 0.15) is 24.0 Å². The molecule has 3 rings (SSSR count). The number of hydrogen-bond donors (Lipinski definition) is 1. The molecule has 1 amide bonds. The minimum Gasteiger partial charge on any atom is -0.375 e. The lowest BCUT2D eigenvalue weighted by Crippen LogP contribution is -2.32. The third-order valence-electron chi connectivity index (χ3n) is 4.59. The van der Waals surface area contributed by atoms with Crippen LogP contribution in [0.25, 0.3) is 0 Å². The Morgan fingerprint density at radius 2 is 2.19 bits per heavy atom. The van der Waals surface area contributed by atoms with Crippen molar-refractivity contribution in [3.63, 3.8) is 0 Å². The van der Waals surface area contributed by atoms with Gasteiger partial charge >= 0.3 is 0 Å². The van der Waals surface area contributed by atoms with Crippen LogP contribution in [0.2, 0.25) is 0 Å². The molecule has 2 aliphatic heterocycles. The first-order valence-electron chi connectivity index (χ1n) is 7.90. The van der Waals surface area contributed by atoms with E-state index < -0.39 is 0 Å². The Hall–Kier alpha value is -1.39. The van der Waals surface area contributed by atoms with Crippen LogP contribution in [0.4, 0.5) is 5.69 Å². The van der Waals surface area contributed by atoms with E-state index in [1.165, 1.54) is 30.4 Å². The van der Waals surface area contributed by atoms with Gasteiger partial charge in [-0.25, -0.2) is 0 Å². The van der Waals surface area contributed by atoms with E-state index in [-0.39, 0.29) is 12.5 Å². The number of amides is 1. The van der Waals surface area contributed by atoms with Gasteiger partial charge in [0.05, 0.1) is 0 Å². The lowest BCUT2D eigenvalue weighted by molar-refractivity contribution is -0.122. The number of carbonyl (C=O) groups is 1. The van der Waals surface area contributed by atoms with Gasteiger partial charge in [-0.05, 0) is 61.9 Å². The van der Waals surface area contributed by atoms with Crippen molar-refractivity contribution in [3.05, 3.63) is 29.3 Å². The summed E-state index contributed by atoms with van der Waals surface area (Å²) in [6, 6.07) is 6.61. The number of benzene rings is 1. The Morgan fingerprint density at radius 3 is 2.95 bits per heavy atom. The van der Waals surface area contributed by atoms with Crippen LogP contribution in [0.5, 0.6) is 0 Å². The average molecular weight is 288 g/mol. The van der Waals surface area contributed by atoms with Crippen LogP contribution in [0.3, 0.4) is 0 Å². The second-order valence-electron chi connectivity index (χ2n) is 6.09. The second kappa shape index (κ2) is 6.58.